The Bertz CT molecular complexity index is 1850. The number of benzene rings is 1. The molecule has 0 bridgehead atoms. The largest absolute Gasteiger partial charge is 0.480 e. The summed E-state index contributed by atoms with van der Waals surface area (Å²) in [5.74, 6) is -2.55. The number of hydrogen-bond acceptors (Lipinski definition) is 18. The van der Waals surface area contributed by atoms with E-state index in [1.807, 2.05) is 0 Å². The third-order valence-corrected chi connectivity index (χ3v) is 16.2. The van der Waals surface area contributed by atoms with Crippen LogP contribution in [0, 0.1) is 0 Å². The Morgan fingerprint density at radius 3 is 1.65 bits per heavy atom. The first-order chi connectivity index (χ1) is 41.0. The van der Waals surface area contributed by atoms with Gasteiger partial charge in [-0.2, -0.15) is 0 Å². The van der Waals surface area contributed by atoms with Gasteiger partial charge in [0.05, 0.1) is 13.2 Å². The van der Waals surface area contributed by atoms with Gasteiger partial charge in [0.25, 0.3) is 0 Å². The van der Waals surface area contributed by atoms with Gasteiger partial charge in [-0.05, 0) is 134 Å². The second kappa shape index (κ2) is 46.7. The predicted octanol–water partition coefficient (Wildman–Crippen LogP) is 2.16. The zero-order valence-corrected chi connectivity index (χ0v) is 51.5. The molecule has 484 valence electrons. The fourth-order valence-corrected chi connectivity index (χ4v) is 11.0. The first-order valence-corrected chi connectivity index (χ1v) is 32.8. The highest BCUT2D eigenvalue weighted by atomic mass is 16.7. The summed E-state index contributed by atoms with van der Waals surface area (Å²) < 4.78 is 10.8. The molecule has 3 aliphatic heterocycles. The molecule has 0 radical (unpaired) electrons. The predicted molar refractivity (Wildman–Crippen MR) is 329 cm³/mol. The van der Waals surface area contributed by atoms with Gasteiger partial charge >= 0.3 is 5.97 Å². The minimum atomic E-state index is -1.76. The van der Waals surface area contributed by atoms with Gasteiger partial charge < -0.3 is 82.4 Å². The van der Waals surface area contributed by atoms with Gasteiger partial charge in [-0.3, -0.25) is 24.2 Å². The summed E-state index contributed by atoms with van der Waals surface area (Å²) in [6.45, 7) is 20.1. The average Bonchev–Trinajstić information content (AvgIpc) is 3.58. The van der Waals surface area contributed by atoms with Crippen molar-refractivity contribution in [2.45, 2.75) is 204 Å². The minimum absolute atomic E-state index is 0.0410. The monoisotopic (exact) mass is 1190 g/mol. The number of aliphatic hydroxyl groups is 4. The number of rotatable bonds is 34. The SMILES string of the molecule is CCCCCCCCCCCCCC(=O)N[C@@H](CCCCNC(=O)CCCCN1CCCN(Cc2ccc(CN3CCCNCCNCCCNCC3)cc2)CCNCCCNCC1)C(=O)N[C@@H](CO[C@@H]1O[C@@H](CO)[C@H](O)[C@H](O)[C@@H]1O)C(=O)O. The van der Waals surface area contributed by atoms with Crippen molar-refractivity contribution in [3.8, 4) is 0 Å². The van der Waals surface area contributed by atoms with Crippen LogP contribution in [0.2, 0.25) is 0 Å². The van der Waals surface area contributed by atoms with E-state index in [0.29, 0.717) is 32.2 Å². The molecule has 3 fully saturated rings. The highest BCUT2D eigenvalue weighted by Gasteiger charge is 2.44. The Morgan fingerprint density at radius 1 is 0.560 bits per heavy atom. The molecular weight excluding hydrogens is 1070 g/mol. The van der Waals surface area contributed by atoms with Crippen LogP contribution in [-0.2, 0) is 41.7 Å². The van der Waals surface area contributed by atoms with Crippen molar-refractivity contribution in [1.82, 2.24) is 57.2 Å². The van der Waals surface area contributed by atoms with Crippen LogP contribution in [0.3, 0.4) is 0 Å². The van der Waals surface area contributed by atoms with Gasteiger partial charge in [0.1, 0.15) is 30.5 Å². The lowest BCUT2D eigenvalue weighted by Crippen LogP contribution is -2.60. The van der Waals surface area contributed by atoms with Crippen molar-refractivity contribution in [2.75, 3.05) is 131 Å². The van der Waals surface area contributed by atoms with Gasteiger partial charge in [0.2, 0.25) is 17.7 Å². The zero-order valence-electron chi connectivity index (χ0n) is 51.5. The van der Waals surface area contributed by atoms with Gasteiger partial charge in [-0.25, -0.2) is 4.79 Å². The fraction of sp³-hybridized carbons (Fsp3) is 0.839. The molecule has 4 rings (SSSR count). The van der Waals surface area contributed by atoms with Crippen LogP contribution in [0.5, 0.6) is 0 Å². The van der Waals surface area contributed by atoms with Gasteiger partial charge in [0.15, 0.2) is 12.3 Å². The number of carbonyl (C=O) groups excluding carboxylic acids is 3. The lowest BCUT2D eigenvalue weighted by atomic mass is 9.99. The molecule has 0 saturated carbocycles. The van der Waals surface area contributed by atoms with E-state index in [2.05, 4.69) is 88.4 Å². The number of hydrogen-bond donors (Lipinski definition) is 13. The van der Waals surface area contributed by atoms with E-state index in [0.717, 1.165) is 182 Å². The number of nitrogens with zero attached hydrogens (tertiary/aromatic N) is 3. The van der Waals surface area contributed by atoms with E-state index in [1.54, 1.807) is 0 Å². The first-order valence-electron chi connectivity index (χ1n) is 32.8. The van der Waals surface area contributed by atoms with Crippen LogP contribution in [0.15, 0.2) is 24.3 Å². The third kappa shape index (κ3) is 33.0. The standard InChI is InChI=1S/C62H115N11O11/c1-2-3-4-5-6-7-8-9-10-11-12-23-56(76)69-52(60(80)70-53(61(81)82)49-83-62-59(79)58(78)57(77)54(48-74)84-62)21-13-15-33-68-55(75)22-14-16-39-71-41-20-42-73(45-38-67-31-18-30-65-36-43-71)47-51-26-24-50(25-27-51)46-72-40-19-32-64-35-34-63-28-17-29-66-37-44-72/h24-27,52-54,57-59,62-67,74,77-79H,2-23,28-49H2,1H3,(H,68,75)(H,69,76)(H,70,80)(H,81,82)/t52-,53-,54-,57-,58-,59-,62+/m0/s1. The number of aliphatic hydroxyl groups excluding tert-OH is 4. The van der Waals surface area contributed by atoms with Gasteiger partial charge in [-0.1, -0.05) is 95.4 Å². The molecule has 0 unspecified atom stereocenters. The molecule has 13 N–H and O–H groups in total. The molecule has 3 aliphatic rings. The second-order valence-electron chi connectivity index (χ2n) is 23.5. The fourth-order valence-electron chi connectivity index (χ4n) is 11.0. The van der Waals surface area contributed by atoms with Crippen molar-refractivity contribution in [3.05, 3.63) is 35.4 Å². The molecule has 0 spiro atoms. The smallest absolute Gasteiger partial charge is 0.328 e. The van der Waals surface area contributed by atoms with Crippen LogP contribution in [-0.4, -0.2) is 238 Å². The number of ether oxygens (including phenoxy) is 2. The molecular formula is C62H115N11O11. The van der Waals surface area contributed by atoms with Gasteiger partial charge in [-0.15, -0.1) is 0 Å². The number of unbranched alkanes of at least 4 members (excludes halogenated alkanes) is 12. The normalized spacial score (nSPS) is 22.9. The summed E-state index contributed by atoms with van der Waals surface area (Å²) in [6, 6.07) is 6.58. The maximum absolute atomic E-state index is 13.7. The Balaban J connectivity index is 1.20. The number of nitrogens with one attached hydrogen (secondary N) is 8. The third-order valence-electron chi connectivity index (χ3n) is 16.2. The number of carboxylic acids is 1. The Hall–Kier alpha value is -3.46. The average molecular weight is 1190 g/mol. The summed E-state index contributed by atoms with van der Waals surface area (Å²) >= 11 is 0. The highest BCUT2D eigenvalue weighted by molar-refractivity contribution is 5.90. The topological polar surface area (TPSA) is 294 Å². The summed E-state index contributed by atoms with van der Waals surface area (Å²) in [6.07, 6.45) is 12.3. The molecule has 3 heterocycles. The molecule has 1 aromatic carbocycles. The van der Waals surface area contributed by atoms with E-state index >= 15 is 0 Å². The van der Waals surface area contributed by atoms with E-state index in [4.69, 9.17) is 9.47 Å². The Kier molecular flexibility index (Phi) is 40.6. The van der Waals surface area contributed by atoms with Gasteiger partial charge in [0, 0.05) is 84.8 Å². The number of aliphatic carboxylic acids is 1. The molecule has 3 saturated heterocycles. The van der Waals surface area contributed by atoms with Crippen molar-refractivity contribution in [3.63, 3.8) is 0 Å². The van der Waals surface area contributed by atoms with Crippen LogP contribution < -0.4 is 42.5 Å². The highest BCUT2D eigenvalue weighted by Crippen LogP contribution is 2.22. The molecule has 84 heavy (non-hydrogen) atoms. The van der Waals surface area contributed by atoms with Crippen LogP contribution in [0.4, 0.5) is 0 Å². The van der Waals surface area contributed by atoms with E-state index in [-0.39, 0.29) is 24.7 Å². The maximum atomic E-state index is 13.7. The quantitative estimate of drug-likeness (QED) is 0.0440. The lowest BCUT2D eigenvalue weighted by molar-refractivity contribution is -0.301. The summed E-state index contributed by atoms with van der Waals surface area (Å²) in [7, 11) is 0. The summed E-state index contributed by atoms with van der Waals surface area (Å²) in [5, 5.41) is 76.5. The molecule has 22 nitrogen and oxygen atoms in total. The molecule has 22 heteroatoms. The van der Waals surface area contributed by atoms with Crippen LogP contribution in [0.1, 0.15) is 159 Å². The number of amides is 3. The lowest BCUT2D eigenvalue weighted by Gasteiger charge is -2.39. The maximum Gasteiger partial charge on any atom is 0.328 e. The minimum Gasteiger partial charge on any atom is -0.480 e. The van der Waals surface area contributed by atoms with E-state index < -0.39 is 67.9 Å². The zero-order chi connectivity index (χ0) is 60.2. The number of carbonyl (C=O) groups is 4. The Labute approximate surface area is 503 Å². The van der Waals surface area contributed by atoms with Crippen LogP contribution in [0.25, 0.3) is 0 Å². The molecule has 0 aromatic heterocycles. The second-order valence-corrected chi connectivity index (χ2v) is 23.5. The van der Waals surface area contributed by atoms with Crippen molar-refractivity contribution >= 4 is 23.7 Å². The van der Waals surface area contributed by atoms with E-state index in [9.17, 15) is 44.7 Å². The summed E-state index contributed by atoms with van der Waals surface area (Å²) in [5.41, 5.74) is 2.70. The Morgan fingerprint density at radius 2 is 1.07 bits per heavy atom. The molecule has 0 aliphatic carbocycles. The van der Waals surface area contributed by atoms with Crippen molar-refractivity contribution in [1.29, 1.82) is 0 Å². The summed E-state index contributed by atoms with van der Waals surface area (Å²) in [4.78, 5) is 59.9. The van der Waals surface area contributed by atoms with E-state index in [1.165, 1.54) is 56.1 Å². The van der Waals surface area contributed by atoms with Crippen LogP contribution >= 0.6 is 0 Å². The van der Waals surface area contributed by atoms with Crippen molar-refractivity contribution < 1.29 is 54.2 Å². The first kappa shape index (κ1) is 73.0. The number of carboxylic acid groups (broad SMARTS) is 1. The molecule has 1 aromatic rings. The molecule has 7 atom stereocenters. The molecule has 3 amide bonds. The van der Waals surface area contributed by atoms with Crippen molar-refractivity contribution in [2.24, 2.45) is 0 Å².